The molecule has 1 aromatic carbocycles. The topological polar surface area (TPSA) is 51.1 Å². The number of halogens is 1. The zero-order chi connectivity index (χ0) is 14.7. The molecule has 1 aromatic heterocycles. The lowest BCUT2D eigenvalue weighted by atomic mass is 10.2. The number of benzene rings is 1. The van der Waals surface area contributed by atoms with Crippen molar-refractivity contribution in [2.24, 2.45) is 0 Å². The zero-order valence-corrected chi connectivity index (χ0v) is 12.9. The fourth-order valence-corrected chi connectivity index (χ4v) is 2.42. The smallest absolute Gasteiger partial charge is 0.244 e. The highest BCUT2D eigenvalue weighted by atomic mass is 79.9. The lowest BCUT2D eigenvalue weighted by Gasteiger charge is -2.14. The number of hydrogen-bond acceptors (Lipinski definition) is 2. The summed E-state index contributed by atoms with van der Waals surface area (Å²) in [4.78, 5) is 23.5. The summed E-state index contributed by atoms with van der Waals surface area (Å²) in [5.74, 6) is -0.133. The van der Waals surface area contributed by atoms with Gasteiger partial charge in [0.25, 0.3) is 0 Å². The minimum Gasteiger partial charge on any atom is -0.340 e. The van der Waals surface area contributed by atoms with E-state index in [2.05, 4.69) is 21.2 Å². The summed E-state index contributed by atoms with van der Waals surface area (Å²) in [6, 6.07) is 10.5. The van der Waals surface area contributed by atoms with Gasteiger partial charge in [0.05, 0.1) is 5.69 Å². The van der Waals surface area contributed by atoms with Gasteiger partial charge in [-0.1, -0.05) is 12.1 Å². The molecule has 0 aliphatic heterocycles. The first kappa shape index (κ1) is 14.5. The van der Waals surface area contributed by atoms with Crippen LogP contribution in [0, 0.1) is 13.8 Å². The molecule has 4 nitrogen and oxygen atoms in total. The number of aromatic nitrogens is 1. The van der Waals surface area contributed by atoms with Gasteiger partial charge >= 0.3 is 0 Å². The van der Waals surface area contributed by atoms with Gasteiger partial charge in [0, 0.05) is 28.0 Å². The van der Waals surface area contributed by atoms with E-state index in [1.54, 1.807) is 0 Å². The van der Waals surface area contributed by atoms with Crippen molar-refractivity contribution in [3.8, 4) is 0 Å². The molecule has 0 atom stereocenters. The van der Waals surface area contributed by atoms with Crippen molar-refractivity contribution < 1.29 is 4.79 Å². The lowest BCUT2D eigenvalue weighted by Crippen LogP contribution is -2.23. The summed E-state index contributed by atoms with van der Waals surface area (Å²) in [6.07, 6.45) is 0. The van der Waals surface area contributed by atoms with Crippen molar-refractivity contribution in [1.82, 2.24) is 4.57 Å². The number of para-hydroxylation sites is 1. The molecule has 1 heterocycles. The van der Waals surface area contributed by atoms with Crippen molar-refractivity contribution >= 4 is 27.5 Å². The van der Waals surface area contributed by atoms with Crippen LogP contribution < -0.4 is 10.7 Å². The van der Waals surface area contributed by atoms with Gasteiger partial charge in [-0.2, -0.15) is 0 Å². The molecule has 0 spiro atoms. The third kappa shape index (κ3) is 3.36. The first-order chi connectivity index (χ1) is 9.47. The molecule has 104 valence electrons. The van der Waals surface area contributed by atoms with Gasteiger partial charge < -0.3 is 9.88 Å². The Balaban J connectivity index is 2.17. The van der Waals surface area contributed by atoms with Crippen molar-refractivity contribution in [3.63, 3.8) is 0 Å². The number of pyridine rings is 1. The number of hydrogen-bond donors (Lipinski definition) is 1. The summed E-state index contributed by atoms with van der Waals surface area (Å²) < 4.78 is 2.65. The number of anilines is 1. The minimum absolute atomic E-state index is 0.0394. The molecule has 20 heavy (non-hydrogen) atoms. The normalized spacial score (nSPS) is 10.3. The highest BCUT2D eigenvalue weighted by Gasteiger charge is 2.08. The molecule has 0 unspecified atom stereocenters. The highest BCUT2D eigenvalue weighted by Crippen LogP contribution is 2.21. The second kappa shape index (κ2) is 6.05. The van der Waals surface area contributed by atoms with E-state index in [0.717, 1.165) is 21.5 Å². The zero-order valence-electron chi connectivity index (χ0n) is 11.3. The van der Waals surface area contributed by atoms with E-state index in [9.17, 15) is 9.59 Å². The van der Waals surface area contributed by atoms with Crippen LogP contribution in [-0.4, -0.2) is 10.5 Å². The molecule has 1 amide bonds. The van der Waals surface area contributed by atoms with Crippen LogP contribution in [0.5, 0.6) is 0 Å². The molecule has 0 aliphatic rings. The van der Waals surface area contributed by atoms with E-state index in [0.29, 0.717) is 0 Å². The second-order valence-electron chi connectivity index (χ2n) is 4.59. The number of rotatable bonds is 3. The van der Waals surface area contributed by atoms with Crippen LogP contribution in [-0.2, 0) is 11.3 Å². The monoisotopic (exact) mass is 334 g/mol. The Morgan fingerprint density at radius 3 is 2.40 bits per heavy atom. The van der Waals surface area contributed by atoms with Crippen LogP contribution in [0.4, 0.5) is 5.69 Å². The van der Waals surface area contributed by atoms with Crippen molar-refractivity contribution in [3.05, 3.63) is 62.5 Å². The minimum atomic E-state index is -0.133. The third-order valence-electron chi connectivity index (χ3n) is 3.00. The molecular formula is C15H15BrN2O2. The van der Waals surface area contributed by atoms with Crippen molar-refractivity contribution in [1.29, 1.82) is 0 Å². The summed E-state index contributed by atoms with van der Waals surface area (Å²) >= 11 is 3.39. The maximum Gasteiger partial charge on any atom is 0.244 e. The van der Waals surface area contributed by atoms with E-state index in [1.807, 2.05) is 42.7 Å². The quantitative estimate of drug-likeness (QED) is 0.938. The van der Waals surface area contributed by atoms with Crippen LogP contribution in [0.1, 0.15) is 11.4 Å². The largest absolute Gasteiger partial charge is 0.340 e. The highest BCUT2D eigenvalue weighted by molar-refractivity contribution is 9.10. The summed E-state index contributed by atoms with van der Waals surface area (Å²) in [6.45, 7) is 3.82. The number of nitrogens with one attached hydrogen (secondary N) is 1. The van der Waals surface area contributed by atoms with E-state index in [4.69, 9.17) is 0 Å². The average molecular weight is 335 g/mol. The van der Waals surface area contributed by atoms with Gasteiger partial charge in [-0.25, -0.2) is 0 Å². The Hall–Kier alpha value is -1.88. The standard InChI is InChI=1S/C15H15BrN2O2/c1-10-7-12(19)8-11(2)18(10)9-15(20)17-14-6-4-3-5-13(14)16/h3-8H,9H2,1-2H3,(H,17,20). The Bertz CT molecular complexity index is 681. The predicted octanol–water partition coefficient (Wildman–Crippen LogP) is 2.87. The lowest BCUT2D eigenvalue weighted by molar-refractivity contribution is -0.116. The van der Waals surface area contributed by atoms with Gasteiger partial charge in [0.1, 0.15) is 6.54 Å². The maximum absolute atomic E-state index is 12.1. The Morgan fingerprint density at radius 1 is 1.20 bits per heavy atom. The molecule has 0 saturated heterocycles. The molecule has 2 aromatic rings. The predicted molar refractivity (Wildman–Crippen MR) is 82.9 cm³/mol. The number of nitrogens with zero attached hydrogens (tertiary/aromatic N) is 1. The van der Waals surface area contributed by atoms with Crippen LogP contribution in [0.3, 0.4) is 0 Å². The summed E-state index contributed by atoms with van der Waals surface area (Å²) in [5, 5.41) is 2.84. The first-order valence-corrected chi connectivity index (χ1v) is 6.99. The number of carbonyl (C=O) groups is 1. The van der Waals surface area contributed by atoms with Crippen molar-refractivity contribution in [2.75, 3.05) is 5.32 Å². The summed E-state index contributed by atoms with van der Waals surface area (Å²) in [5.41, 5.74) is 2.24. The number of aryl methyl sites for hydroxylation is 2. The van der Waals surface area contributed by atoms with Gasteiger partial charge in [-0.05, 0) is 41.9 Å². The van der Waals surface area contributed by atoms with Crippen LogP contribution in [0.15, 0.2) is 45.7 Å². The maximum atomic E-state index is 12.1. The second-order valence-corrected chi connectivity index (χ2v) is 5.44. The molecule has 5 heteroatoms. The van der Waals surface area contributed by atoms with E-state index >= 15 is 0 Å². The molecule has 0 bridgehead atoms. The first-order valence-electron chi connectivity index (χ1n) is 6.20. The van der Waals surface area contributed by atoms with Gasteiger partial charge in [-0.3, -0.25) is 9.59 Å². The van der Waals surface area contributed by atoms with E-state index in [1.165, 1.54) is 12.1 Å². The molecule has 0 radical (unpaired) electrons. The fraction of sp³-hybridized carbons (Fsp3) is 0.200. The Kier molecular flexibility index (Phi) is 4.39. The van der Waals surface area contributed by atoms with Crippen LogP contribution in [0.25, 0.3) is 0 Å². The molecule has 1 N–H and O–H groups in total. The molecule has 0 saturated carbocycles. The number of amides is 1. The molecule has 0 fully saturated rings. The summed E-state index contributed by atoms with van der Waals surface area (Å²) in [7, 11) is 0. The number of carbonyl (C=O) groups excluding carboxylic acids is 1. The third-order valence-corrected chi connectivity index (χ3v) is 3.69. The molecular weight excluding hydrogens is 320 g/mol. The average Bonchev–Trinajstić information content (AvgIpc) is 2.36. The van der Waals surface area contributed by atoms with Gasteiger partial charge in [0.15, 0.2) is 5.43 Å². The van der Waals surface area contributed by atoms with E-state index in [-0.39, 0.29) is 17.9 Å². The SMILES string of the molecule is Cc1cc(=O)cc(C)n1CC(=O)Nc1ccccc1Br. The van der Waals surface area contributed by atoms with Gasteiger partial charge in [-0.15, -0.1) is 0 Å². The van der Waals surface area contributed by atoms with Gasteiger partial charge in [0.2, 0.25) is 5.91 Å². The van der Waals surface area contributed by atoms with Crippen molar-refractivity contribution in [2.45, 2.75) is 20.4 Å². The van der Waals surface area contributed by atoms with E-state index < -0.39 is 0 Å². The molecule has 2 rings (SSSR count). The molecule has 0 aliphatic carbocycles. The fourth-order valence-electron chi connectivity index (χ4n) is 2.03. The van der Waals surface area contributed by atoms with Crippen LogP contribution >= 0.6 is 15.9 Å². The van der Waals surface area contributed by atoms with Crippen LogP contribution in [0.2, 0.25) is 0 Å². The Labute approximate surface area is 125 Å². The Morgan fingerprint density at radius 2 is 1.80 bits per heavy atom.